The summed E-state index contributed by atoms with van der Waals surface area (Å²) < 4.78 is 29.1. The van der Waals surface area contributed by atoms with Crippen molar-refractivity contribution in [1.29, 1.82) is 0 Å². The summed E-state index contributed by atoms with van der Waals surface area (Å²) in [7, 11) is -3.73. The molecule has 1 N–H and O–H groups in total. The van der Waals surface area contributed by atoms with Gasteiger partial charge in [0.05, 0.1) is 15.5 Å². The average molecular weight is 534 g/mol. The van der Waals surface area contributed by atoms with E-state index in [0.29, 0.717) is 39.3 Å². The number of carbonyl (C=O) groups excluding carboxylic acids is 1. The number of nitrogens with zero attached hydrogens (tertiary/aromatic N) is 1. The van der Waals surface area contributed by atoms with Crippen LogP contribution in [0, 0.1) is 6.92 Å². The fraction of sp³-hybridized carbons (Fsp3) is 0.160. The summed E-state index contributed by atoms with van der Waals surface area (Å²) in [4.78, 5) is 13.5. The molecule has 0 atom stereocenters. The van der Waals surface area contributed by atoms with Gasteiger partial charge in [-0.3, -0.25) is 9.10 Å². The first-order valence-corrected chi connectivity index (χ1v) is 13.6. The van der Waals surface area contributed by atoms with Crippen molar-refractivity contribution in [1.82, 2.24) is 0 Å². The van der Waals surface area contributed by atoms with E-state index in [1.165, 1.54) is 15.6 Å². The van der Waals surface area contributed by atoms with Crippen LogP contribution in [0.2, 0.25) is 10.0 Å². The molecule has 0 aliphatic rings. The van der Waals surface area contributed by atoms with Crippen molar-refractivity contribution in [2.75, 3.05) is 16.2 Å². The van der Waals surface area contributed by atoms with Crippen LogP contribution >= 0.6 is 34.5 Å². The van der Waals surface area contributed by atoms with Crippen LogP contribution in [-0.2, 0) is 10.0 Å². The molecule has 4 aromatic rings. The monoisotopic (exact) mass is 532 g/mol. The van der Waals surface area contributed by atoms with Gasteiger partial charge in [-0.1, -0.05) is 47.8 Å². The summed E-state index contributed by atoms with van der Waals surface area (Å²) in [6.07, 6.45) is 0.655. The molecule has 176 valence electrons. The van der Waals surface area contributed by atoms with Gasteiger partial charge in [0.2, 0.25) is 0 Å². The minimum Gasteiger partial charge on any atom is -0.321 e. The van der Waals surface area contributed by atoms with Crippen molar-refractivity contribution in [2.24, 2.45) is 0 Å². The first-order chi connectivity index (χ1) is 16.2. The highest BCUT2D eigenvalue weighted by atomic mass is 35.5. The fourth-order valence-corrected chi connectivity index (χ4v) is 6.56. The maximum Gasteiger partial charge on any atom is 0.265 e. The number of amides is 1. The van der Waals surface area contributed by atoms with Crippen molar-refractivity contribution < 1.29 is 13.2 Å². The van der Waals surface area contributed by atoms with Crippen molar-refractivity contribution in [3.05, 3.63) is 87.2 Å². The molecular formula is C25H22Cl2N2O3S2. The molecule has 0 spiro atoms. The first kappa shape index (κ1) is 24.5. The highest BCUT2D eigenvalue weighted by molar-refractivity contribution is 7.92. The highest BCUT2D eigenvalue weighted by Gasteiger charge is 2.25. The van der Waals surface area contributed by atoms with Crippen molar-refractivity contribution in [2.45, 2.75) is 25.2 Å². The smallest absolute Gasteiger partial charge is 0.265 e. The van der Waals surface area contributed by atoms with Gasteiger partial charge in [0, 0.05) is 27.0 Å². The summed E-state index contributed by atoms with van der Waals surface area (Å²) in [5.41, 5.74) is 2.05. The van der Waals surface area contributed by atoms with Gasteiger partial charge in [0.15, 0.2) is 0 Å². The molecule has 9 heteroatoms. The van der Waals surface area contributed by atoms with E-state index in [2.05, 4.69) is 5.32 Å². The number of hydrogen-bond acceptors (Lipinski definition) is 4. The number of benzene rings is 3. The maximum absolute atomic E-state index is 13.4. The summed E-state index contributed by atoms with van der Waals surface area (Å²) in [5, 5.41) is 4.45. The third-order valence-corrected chi connectivity index (χ3v) is 8.56. The lowest BCUT2D eigenvalue weighted by Crippen LogP contribution is -2.31. The second-order valence-electron chi connectivity index (χ2n) is 7.84. The molecule has 1 heterocycles. The minimum absolute atomic E-state index is 0.247. The average Bonchev–Trinajstić information content (AvgIpc) is 3.20. The Morgan fingerprint density at radius 3 is 2.29 bits per heavy atom. The Morgan fingerprint density at radius 2 is 1.65 bits per heavy atom. The van der Waals surface area contributed by atoms with Gasteiger partial charge in [0.25, 0.3) is 15.9 Å². The highest BCUT2D eigenvalue weighted by Crippen LogP contribution is 2.33. The van der Waals surface area contributed by atoms with Gasteiger partial charge in [-0.15, -0.1) is 11.3 Å². The third kappa shape index (κ3) is 5.23. The maximum atomic E-state index is 13.4. The molecule has 1 amide bonds. The third-order valence-electron chi connectivity index (χ3n) is 5.17. The van der Waals surface area contributed by atoms with Crippen LogP contribution in [0.1, 0.15) is 28.6 Å². The number of rotatable bonds is 7. The zero-order chi connectivity index (χ0) is 24.5. The second-order valence-corrected chi connectivity index (χ2v) is 11.7. The van der Waals surface area contributed by atoms with Crippen molar-refractivity contribution >= 4 is 71.9 Å². The Labute approximate surface area is 213 Å². The number of halogens is 2. The van der Waals surface area contributed by atoms with E-state index in [1.54, 1.807) is 60.7 Å². The second kappa shape index (κ2) is 9.96. The first-order valence-electron chi connectivity index (χ1n) is 10.6. The number of nitrogens with one attached hydrogen (secondary N) is 1. The largest absolute Gasteiger partial charge is 0.321 e. The lowest BCUT2D eigenvalue weighted by Gasteiger charge is -2.24. The van der Waals surface area contributed by atoms with Gasteiger partial charge in [-0.2, -0.15) is 0 Å². The summed E-state index contributed by atoms with van der Waals surface area (Å²) in [6.45, 7) is 4.19. The number of fused-ring (bicyclic) bond motifs is 1. The summed E-state index contributed by atoms with van der Waals surface area (Å²) in [6, 6.07) is 18.8. The molecule has 0 saturated carbocycles. The van der Waals surface area contributed by atoms with Crippen LogP contribution in [0.25, 0.3) is 10.1 Å². The quantitative estimate of drug-likeness (QED) is 0.270. The molecule has 5 nitrogen and oxygen atoms in total. The van der Waals surface area contributed by atoms with Gasteiger partial charge in [-0.25, -0.2) is 8.42 Å². The predicted octanol–water partition coefficient (Wildman–Crippen LogP) is 7.37. The zero-order valence-corrected chi connectivity index (χ0v) is 21.7. The number of sulfonamides is 1. The Balaban J connectivity index is 1.65. The Kier molecular flexibility index (Phi) is 7.19. The van der Waals surface area contributed by atoms with Crippen LogP contribution < -0.4 is 9.62 Å². The van der Waals surface area contributed by atoms with Crippen molar-refractivity contribution in [3.8, 4) is 0 Å². The van der Waals surface area contributed by atoms with Crippen LogP contribution in [0.15, 0.2) is 71.6 Å². The normalized spacial score (nSPS) is 11.5. The van der Waals surface area contributed by atoms with E-state index >= 15 is 0 Å². The van der Waals surface area contributed by atoms with Crippen LogP contribution in [0.4, 0.5) is 11.4 Å². The van der Waals surface area contributed by atoms with Gasteiger partial charge in [-0.05, 0) is 73.3 Å². The topological polar surface area (TPSA) is 66.5 Å². The fourth-order valence-electron chi connectivity index (χ4n) is 3.55. The molecule has 3 aromatic carbocycles. The molecule has 0 unspecified atom stereocenters. The molecular weight excluding hydrogens is 511 g/mol. The minimum atomic E-state index is -3.73. The van der Waals surface area contributed by atoms with Gasteiger partial charge >= 0.3 is 0 Å². The van der Waals surface area contributed by atoms with E-state index in [9.17, 15) is 13.2 Å². The molecule has 0 bridgehead atoms. The predicted molar refractivity (Wildman–Crippen MR) is 142 cm³/mol. The standard InChI is InChI=1S/C25H22Cl2N2O3S2/c1-3-10-29(34(31,32)22-7-4-16(2)5-8-22)21-6-9-23-17(11-21)12-24(33-23)25(30)28-20-14-18(26)13-19(27)15-20/h4-9,11-15H,3,10H2,1-2H3,(H,28,30). The number of thiophene rings is 1. The van der Waals surface area contributed by atoms with Gasteiger partial charge < -0.3 is 5.32 Å². The van der Waals surface area contributed by atoms with Crippen LogP contribution in [-0.4, -0.2) is 20.9 Å². The Morgan fingerprint density at radius 1 is 0.971 bits per heavy atom. The lowest BCUT2D eigenvalue weighted by atomic mass is 10.2. The van der Waals surface area contributed by atoms with Crippen molar-refractivity contribution in [3.63, 3.8) is 0 Å². The van der Waals surface area contributed by atoms with E-state index < -0.39 is 10.0 Å². The molecule has 0 aliphatic heterocycles. The number of hydrogen-bond donors (Lipinski definition) is 1. The molecule has 4 rings (SSSR count). The molecule has 0 aliphatic carbocycles. The van der Waals surface area contributed by atoms with E-state index in [4.69, 9.17) is 23.2 Å². The number of anilines is 2. The SMILES string of the molecule is CCCN(c1ccc2sc(C(=O)Nc3cc(Cl)cc(Cl)c3)cc2c1)S(=O)(=O)c1ccc(C)cc1. The molecule has 34 heavy (non-hydrogen) atoms. The number of aryl methyl sites for hydroxylation is 1. The number of carbonyl (C=O) groups is 1. The summed E-state index contributed by atoms with van der Waals surface area (Å²) >= 11 is 13.4. The Bertz CT molecular complexity index is 1450. The van der Waals surface area contributed by atoms with E-state index in [1.807, 2.05) is 19.9 Å². The zero-order valence-electron chi connectivity index (χ0n) is 18.5. The summed E-state index contributed by atoms with van der Waals surface area (Å²) in [5.74, 6) is -0.293. The van der Waals surface area contributed by atoms with Crippen LogP contribution in [0.5, 0.6) is 0 Å². The van der Waals surface area contributed by atoms with E-state index in [0.717, 1.165) is 15.6 Å². The molecule has 1 aromatic heterocycles. The Hall–Kier alpha value is -2.58. The lowest BCUT2D eigenvalue weighted by molar-refractivity contribution is 0.103. The van der Waals surface area contributed by atoms with Crippen LogP contribution in [0.3, 0.4) is 0 Å². The molecule has 0 saturated heterocycles. The molecule has 0 radical (unpaired) electrons. The van der Waals surface area contributed by atoms with Gasteiger partial charge in [0.1, 0.15) is 0 Å². The van der Waals surface area contributed by atoms with E-state index in [-0.39, 0.29) is 10.8 Å². The molecule has 0 fully saturated rings.